The largest absolute Gasteiger partial charge is 0.322 e. The van der Waals surface area contributed by atoms with Crippen LogP contribution >= 0.6 is 0 Å². The Kier molecular flexibility index (Phi) is 3.65. The van der Waals surface area contributed by atoms with E-state index in [2.05, 4.69) is 5.32 Å². The van der Waals surface area contributed by atoms with Crippen LogP contribution in [0.15, 0.2) is 48.7 Å². The summed E-state index contributed by atoms with van der Waals surface area (Å²) in [7, 11) is 0. The van der Waals surface area contributed by atoms with Gasteiger partial charge < -0.3 is 5.32 Å². The Balaban J connectivity index is 2.06. The topological polar surface area (TPSA) is 51.1 Å². The maximum atomic E-state index is 13.5. The van der Waals surface area contributed by atoms with Crippen LogP contribution < -0.4 is 5.32 Å². The van der Waals surface area contributed by atoms with Gasteiger partial charge in [-0.05, 0) is 36.4 Å². The number of carbonyl (C=O) groups excluding carboxylic acids is 2. The monoisotopic (exact) mass is 314 g/mol. The number of amides is 1. The van der Waals surface area contributed by atoms with Gasteiger partial charge in [0.25, 0.3) is 5.91 Å². The second kappa shape index (κ2) is 5.64. The van der Waals surface area contributed by atoms with Crippen LogP contribution in [-0.4, -0.2) is 16.4 Å². The van der Waals surface area contributed by atoms with Crippen LogP contribution in [-0.2, 0) is 0 Å². The number of aromatic nitrogens is 1. The van der Waals surface area contributed by atoms with Gasteiger partial charge in [-0.15, -0.1) is 0 Å². The number of halogens is 2. The van der Waals surface area contributed by atoms with Crippen molar-refractivity contribution in [2.45, 2.75) is 6.92 Å². The molecule has 0 atom stereocenters. The molecule has 0 saturated heterocycles. The van der Waals surface area contributed by atoms with Crippen molar-refractivity contribution in [3.05, 3.63) is 65.9 Å². The molecule has 0 unspecified atom stereocenters. The maximum absolute atomic E-state index is 13.5. The van der Waals surface area contributed by atoms with E-state index in [0.29, 0.717) is 10.9 Å². The molecule has 0 aliphatic rings. The molecule has 23 heavy (non-hydrogen) atoms. The maximum Gasteiger partial charge on any atom is 0.257 e. The van der Waals surface area contributed by atoms with E-state index in [9.17, 15) is 18.4 Å². The van der Waals surface area contributed by atoms with Crippen LogP contribution in [0.25, 0.3) is 10.9 Å². The average Bonchev–Trinajstić information content (AvgIpc) is 2.86. The van der Waals surface area contributed by atoms with Gasteiger partial charge in [0.1, 0.15) is 11.6 Å². The fraction of sp³-hybridized carbons (Fsp3) is 0.0588. The molecule has 3 rings (SSSR count). The number of hydrogen-bond acceptors (Lipinski definition) is 2. The first kappa shape index (κ1) is 14.9. The first-order valence-corrected chi connectivity index (χ1v) is 6.84. The molecule has 2 aromatic carbocycles. The molecule has 0 bridgehead atoms. The van der Waals surface area contributed by atoms with Crippen molar-refractivity contribution in [3.8, 4) is 0 Å². The van der Waals surface area contributed by atoms with E-state index < -0.39 is 17.5 Å². The second-order valence-electron chi connectivity index (χ2n) is 5.06. The van der Waals surface area contributed by atoms with E-state index >= 15 is 0 Å². The summed E-state index contributed by atoms with van der Waals surface area (Å²) in [6.45, 7) is 1.34. The zero-order valence-corrected chi connectivity index (χ0v) is 12.1. The highest BCUT2D eigenvalue weighted by atomic mass is 19.1. The van der Waals surface area contributed by atoms with E-state index in [1.807, 2.05) is 0 Å². The first-order chi connectivity index (χ1) is 11.0. The summed E-state index contributed by atoms with van der Waals surface area (Å²) >= 11 is 0. The lowest BCUT2D eigenvalue weighted by molar-refractivity contribution is 0.0941. The van der Waals surface area contributed by atoms with Crippen LogP contribution in [0.4, 0.5) is 14.5 Å². The van der Waals surface area contributed by atoms with E-state index in [4.69, 9.17) is 0 Å². The Morgan fingerprint density at radius 1 is 1.04 bits per heavy atom. The Morgan fingerprint density at radius 3 is 2.48 bits per heavy atom. The smallest absolute Gasteiger partial charge is 0.257 e. The molecule has 3 aromatic rings. The molecule has 6 heteroatoms. The summed E-state index contributed by atoms with van der Waals surface area (Å²) in [5.41, 5.74) is 0.845. The molecule has 0 aliphatic carbocycles. The molecule has 1 amide bonds. The highest BCUT2D eigenvalue weighted by Crippen LogP contribution is 2.24. The van der Waals surface area contributed by atoms with E-state index in [1.165, 1.54) is 60.2 Å². The molecule has 116 valence electrons. The lowest BCUT2D eigenvalue weighted by Crippen LogP contribution is -2.12. The van der Waals surface area contributed by atoms with Gasteiger partial charge in [0.05, 0.1) is 11.1 Å². The van der Waals surface area contributed by atoms with Crippen molar-refractivity contribution in [2.24, 2.45) is 0 Å². The molecule has 1 heterocycles. The third-order valence-electron chi connectivity index (χ3n) is 3.43. The number of anilines is 1. The summed E-state index contributed by atoms with van der Waals surface area (Å²) < 4.78 is 28.0. The first-order valence-electron chi connectivity index (χ1n) is 6.84. The quantitative estimate of drug-likeness (QED) is 0.781. The summed E-state index contributed by atoms with van der Waals surface area (Å²) in [6.07, 6.45) is 1.35. The number of benzene rings is 2. The zero-order valence-electron chi connectivity index (χ0n) is 12.1. The number of rotatable bonds is 2. The van der Waals surface area contributed by atoms with Gasteiger partial charge in [0.2, 0.25) is 5.91 Å². The van der Waals surface area contributed by atoms with Gasteiger partial charge in [0.15, 0.2) is 0 Å². The van der Waals surface area contributed by atoms with Crippen LogP contribution in [0.2, 0.25) is 0 Å². The Bertz CT molecular complexity index is 931. The van der Waals surface area contributed by atoms with Gasteiger partial charge in [-0.1, -0.05) is 6.07 Å². The number of nitrogens with one attached hydrogen (secondary N) is 1. The number of nitrogens with zero attached hydrogens (tertiary/aromatic N) is 1. The second-order valence-corrected chi connectivity index (χ2v) is 5.06. The van der Waals surface area contributed by atoms with Crippen molar-refractivity contribution in [3.63, 3.8) is 0 Å². The Hall–Kier alpha value is -3.02. The van der Waals surface area contributed by atoms with Gasteiger partial charge in [-0.3, -0.25) is 14.2 Å². The molecular weight excluding hydrogens is 302 g/mol. The molecular formula is C17H12F2N2O2. The molecule has 1 N–H and O–H groups in total. The third kappa shape index (κ3) is 2.83. The SMILES string of the molecule is CC(=O)n1cc(C(=O)Nc2cccc(F)c2)c2cc(F)ccc21. The van der Waals surface area contributed by atoms with Crippen molar-refractivity contribution in [1.82, 2.24) is 4.57 Å². The summed E-state index contributed by atoms with van der Waals surface area (Å²) in [4.78, 5) is 24.1. The van der Waals surface area contributed by atoms with Crippen molar-refractivity contribution in [2.75, 3.05) is 5.32 Å². The standard InChI is InChI=1S/C17H12F2N2O2/c1-10(22)21-9-15(14-8-12(19)5-6-16(14)21)17(23)20-13-4-2-3-11(18)7-13/h2-9H,1H3,(H,20,23). The van der Waals surface area contributed by atoms with Crippen LogP contribution in [0.3, 0.4) is 0 Å². The van der Waals surface area contributed by atoms with E-state index in [-0.39, 0.29) is 17.2 Å². The predicted octanol–water partition coefficient (Wildman–Crippen LogP) is 3.83. The van der Waals surface area contributed by atoms with Gasteiger partial charge >= 0.3 is 0 Å². The fourth-order valence-electron chi connectivity index (χ4n) is 2.41. The Labute approximate surface area is 130 Å². The number of hydrogen-bond donors (Lipinski definition) is 1. The summed E-state index contributed by atoms with van der Waals surface area (Å²) in [5.74, 6) is -1.85. The van der Waals surface area contributed by atoms with E-state index in [0.717, 1.165) is 0 Å². The van der Waals surface area contributed by atoms with Crippen LogP contribution in [0.5, 0.6) is 0 Å². The average molecular weight is 314 g/mol. The third-order valence-corrected chi connectivity index (χ3v) is 3.43. The number of carbonyl (C=O) groups is 2. The highest BCUT2D eigenvalue weighted by Gasteiger charge is 2.17. The highest BCUT2D eigenvalue weighted by molar-refractivity contribution is 6.14. The van der Waals surface area contributed by atoms with E-state index in [1.54, 1.807) is 0 Å². The van der Waals surface area contributed by atoms with Gasteiger partial charge in [-0.2, -0.15) is 0 Å². The minimum absolute atomic E-state index is 0.138. The minimum atomic E-state index is -0.550. The predicted molar refractivity (Wildman–Crippen MR) is 82.5 cm³/mol. The minimum Gasteiger partial charge on any atom is -0.322 e. The van der Waals surface area contributed by atoms with Crippen molar-refractivity contribution >= 4 is 28.4 Å². The number of fused-ring (bicyclic) bond motifs is 1. The molecule has 0 spiro atoms. The van der Waals surface area contributed by atoms with Crippen molar-refractivity contribution in [1.29, 1.82) is 0 Å². The van der Waals surface area contributed by atoms with Crippen LogP contribution in [0.1, 0.15) is 22.1 Å². The fourth-order valence-corrected chi connectivity index (χ4v) is 2.41. The lowest BCUT2D eigenvalue weighted by Gasteiger charge is -2.04. The van der Waals surface area contributed by atoms with Gasteiger partial charge in [0, 0.05) is 24.2 Å². The van der Waals surface area contributed by atoms with Gasteiger partial charge in [-0.25, -0.2) is 8.78 Å². The molecule has 4 nitrogen and oxygen atoms in total. The normalized spacial score (nSPS) is 10.7. The molecule has 0 fully saturated rings. The molecule has 0 radical (unpaired) electrons. The summed E-state index contributed by atoms with van der Waals surface area (Å²) in [5, 5.41) is 2.85. The summed E-state index contributed by atoms with van der Waals surface area (Å²) in [6, 6.07) is 9.26. The van der Waals surface area contributed by atoms with Crippen molar-refractivity contribution < 1.29 is 18.4 Å². The lowest BCUT2D eigenvalue weighted by atomic mass is 10.1. The Morgan fingerprint density at radius 2 is 1.78 bits per heavy atom. The molecule has 0 aliphatic heterocycles. The van der Waals surface area contributed by atoms with Crippen LogP contribution in [0, 0.1) is 11.6 Å². The molecule has 0 saturated carbocycles. The molecule has 1 aromatic heterocycles. The zero-order chi connectivity index (χ0) is 16.6.